The molecule has 0 saturated carbocycles. The van der Waals surface area contributed by atoms with E-state index in [1.807, 2.05) is 60.7 Å². The molecule has 0 unspecified atom stereocenters. The summed E-state index contributed by atoms with van der Waals surface area (Å²) in [6, 6.07) is 23.8. The molecule has 0 saturated heterocycles. The normalized spacial score (nSPS) is 11.4. The van der Waals surface area contributed by atoms with Gasteiger partial charge in [0.25, 0.3) is 0 Å². The van der Waals surface area contributed by atoms with Gasteiger partial charge < -0.3 is 5.11 Å². The van der Waals surface area contributed by atoms with Gasteiger partial charge in [0, 0.05) is 0 Å². The number of benzene rings is 3. The predicted octanol–water partition coefficient (Wildman–Crippen LogP) is 5.88. The van der Waals surface area contributed by atoms with Crippen LogP contribution >= 0.6 is 23.6 Å². The highest BCUT2D eigenvalue weighted by Gasteiger charge is 2.11. The first-order chi connectivity index (χ1) is 12.2. The molecule has 0 atom stereocenters. The summed E-state index contributed by atoms with van der Waals surface area (Å²) in [5.74, 6) is 0.116. The number of aromatic hydroxyl groups is 1. The number of para-hydroxylation sites is 1. The Morgan fingerprint density at radius 2 is 1.64 bits per heavy atom. The molecule has 5 heteroatoms. The minimum atomic E-state index is 0.116. The highest BCUT2D eigenvalue weighted by atomic mass is 32.1. The van der Waals surface area contributed by atoms with E-state index in [9.17, 15) is 5.11 Å². The van der Waals surface area contributed by atoms with Crippen molar-refractivity contribution in [1.82, 2.24) is 4.57 Å². The van der Waals surface area contributed by atoms with E-state index in [4.69, 9.17) is 12.2 Å². The Hall–Kier alpha value is -2.76. The zero-order chi connectivity index (χ0) is 17.2. The van der Waals surface area contributed by atoms with E-state index in [-0.39, 0.29) is 5.88 Å². The number of hydrogen-bond donors (Lipinski definition) is 1. The second-order valence-corrected chi connectivity index (χ2v) is 7.19. The van der Waals surface area contributed by atoms with Gasteiger partial charge >= 0.3 is 0 Å². The number of fused-ring (bicyclic) bond motifs is 1. The maximum absolute atomic E-state index is 10.5. The first kappa shape index (κ1) is 15.7. The molecule has 0 bridgehead atoms. The lowest BCUT2D eigenvalue weighted by molar-refractivity contribution is 0.441. The first-order valence-corrected chi connectivity index (χ1v) is 8.98. The SMILES string of the molecule is Oc1c(C=Nc2ccc3ccccc3c2)sc(=S)n1-c1ccccc1. The fraction of sp³-hybridized carbons (Fsp3) is 0. The standard InChI is InChI=1S/C20H14N2OS2/c23-19-18(25-20(24)22(19)17-8-2-1-3-9-17)13-21-16-11-10-14-6-4-5-7-15(14)12-16/h1-13,23H. The lowest BCUT2D eigenvalue weighted by Gasteiger charge is -2.03. The fourth-order valence-electron chi connectivity index (χ4n) is 2.66. The van der Waals surface area contributed by atoms with E-state index < -0.39 is 0 Å². The molecule has 0 amide bonds. The molecule has 1 heterocycles. The summed E-state index contributed by atoms with van der Waals surface area (Å²) in [7, 11) is 0. The highest BCUT2D eigenvalue weighted by molar-refractivity contribution is 7.73. The van der Waals surface area contributed by atoms with Gasteiger partial charge in [0.2, 0.25) is 5.88 Å². The van der Waals surface area contributed by atoms with Crippen LogP contribution < -0.4 is 0 Å². The molecule has 0 aliphatic rings. The van der Waals surface area contributed by atoms with Crippen LogP contribution in [0.15, 0.2) is 77.8 Å². The average molecular weight is 362 g/mol. The summed E-state index contributed by atoms with van der Waals surface area (Å²) in [5.41, 5.74) is 1.68. The van der Waals surface area contributed by atoms with E-state index in [0.29, 0.717) is 8.83 Å². The molecule has 0 aliphatic heterocycles. The van der Waals surface area contributed by atoms with Gasteiger partial charge in [0.15, 0.2) is 3.95 Å². The molecular weight excluding hydrogens is 348 g/mol. The molecule has 3 aromatic carbocycles. The third-order valence-corrected chi connectivity index (χ3v) is 5.19. The van der Waals surface area contributed by atoms with Crippen molar-refractivity contribution in [2.45, 2.75) is 0 Å². The maximum Gasteiger partial charge on any atom is 0.216 e. The van der Waals surface area contributed by atoms with E-state index in [1.54, 1.807) is 10.8 Å². The second kappa shape index (κ2) is 6.63. The van der Waals surface area contributed by atoms with Gasteiger partial charge in [-0.3, -0.25) is 9.56 Å². The Balaban J connectivity index is 1.71. The van der Waals surface area contributed by atoms with Gasteiger partial charge in [0.1, 0.15) is 4.88 Å². The molecule has 3 nitrogen and oxygen atoms in total. The van der Waals surface area contributed by atoms with Crippen molar-refractivity contribution < 1.29 is 5.11 Å². The van der Waals surface area contributed by atoms with Crippen LogP contribution in [0.2, 0.25) is 0 Å². The van der Waals surface area contributed by atoms with Crippen LogP contribution in [0.5, 0.6) is 5.88 Å². The van der Waals surface area contributed by atoms with Crippen LogP contribution in [0.4, 0.5) is 5.69 Å². The number of rotatable bonds is 3. The molecule has 0 fully saturated rings. The quantitative estimate of drug-likeness (QED) is 0.365. The third-order valence-electron chi connectivity index (χ3n) is 3.89. The Kier molecular flexibility index (Phi) is 4.17. The van der Waals surface area contributed by atoms with Crippen molar-refractivity contribution >= 4 is 46.2 Å². The number of aliphatic imine (C=N–C) groups is 1. The Morgan fingerprint density at radius 3 is 2.44 bits per heavy atom. The van der Waals surface area contributed by atoms with Crippen molar-refractivity contribution in [2.75, 3.05) is 0 Å². The molecule has 0 radical (unpaired) electrons. The smallest absolute Gasteiger partial charge is 0.216 e. The van der Waals surface area contributed by atoms with Gasteiger partial charge in [-0.2, -0.15) is 0 Å². The van der Waals surface area contributed by atoms with E-state index in [2.05, 4.69) is 17.1 Å². The highest BCUT2D eigenvalue weighted by Crippen LogP contribution is 2.29. The van der Waals surface area contributed by atoms with Crippen molar-refractivity contribution in [1.29, 1.82) is 0 Å². The van der Waals surface area contributed by atoms with E-state index in [1.165, 1.54) is 16.7 Å². The predicted molar refractivity (Wildman–Crippen MR) is 107 cm³/mol. The van der Waals surface area contributed by atoms with Crippen LogP contribution in [0.3, 0.4) is 0 Å². The molecule has 122 valence electrons. The van der Waals surface area contributed by atoms with Gasteiger partial charge in [-0.1, -0.05) is 59.9 Å². The monoisotopic (exact) mass is 362 g/mol. The van der Waals surface area contributed by atoms with E-state index >= 15 is 0 Å². The number of thiazole rings is 1. The lowest BCUT2D eigenvalue weighted by atomic mass is 10.1. The van der Waals surface area contributed by atoms with Crippen LogP contribution in [0.1, 0.15) is 4.88 Å². The summed E-state index contributed by atoms with van der Waals surface area (Å²) in [5, 5.41) is 12.8. The molecular formula is C20H14N2OS2. The van der Waals surface area contributed by atoms with Crippen molar-refractivity contribution in [2.24, 2.45) is 4.99 Å². The summed E-state index contributed by atoms with van der Waals surface area (Å²) < 4.78 is 2.24. The molecule has 4 aromatic rings. The maximum atomic E-state index is 10.5. The second-order valence-electron chi connectivity index (χ2n) is 5.52. The van der Waals surface area contributed by atoms with Crippen LogP contribution in [-0.4, -0.2) is 15.9 Å². The lowest BCUT2D eigenvalue weighted by Crippen LogP contribution is -1.92. The van der Waals surface area contributed by atoms with Crippen LogP contribution in [-0.2, 0) is 0 Å². The fourth-order valence-corrected chi connectivity index (χ4v) is 3.88. The van der Waals surface area contributed by atoms with Crippen LogP contribution in [0, 0.1) is 3.95 Å². The summed E-state index contributed by atoms with van der Waals surface area (Å²) >= 11 is 6.73. The molecule has 4 rings (SSSR count). The molecule has 25 heavy (non-hydrogen) atoms. The minimum Gasteiger partial charge on any atom is -0.493 e. The van der Waals surface area contributed by atoms with Crippen molar-refractivity contribution in [3.05, 3.63) is 81.6 Å². The summed E-state index contributed by atoms with van der Waals surface area (Å²) in [6.07, 6.45) is 1.67. The zero-order valence-electron chi connectivity index (χ0n) is 13.2. The number of hydrogen-bond acceptors (Lipinski definition) is 4. The topological polar surface area (TPSA) is 37.5 Å². The number of aromatic nitrogens is 1. The first-order valence-electron chi connectivity index (χ1n) is 7.75. The Labute approximate surface area is 154 Å². The molecule has 0 spiro atoms. The third kappa shape index (κ3) is 3.12. The summed E-state index contributed by atoms with van der Waals surface area (Å²) in [4.78, 5) is 5.14. The number of nitrogens with zero attached hydrogens (tertiary/aromatic N) is 2. The van der Waals surface area contributed by atoms with Gasteiger partial charge in [-0.05, 0) is 47.3 Å². The van der Waals surface area contributed by atoms with Crippen molar-refractivity contribution in [3.8, 4) is 11.6 Å². The molecule has 1 aromatic heterocycles. The van der Waals surface area contributed by atoms with Crippen molar-refractivity contribution in [3.63, 3.8) is 0 Å². The Bertz CT molecular complexity index is 1130. The van der Waals surface area contributed by atoms with Gasteiger partial charge in [0.05, 0.1) is 17.6 Å². The molecule has 0 aliphatic carbocycles. The van der Waals surface area contributed by atoms with Gasteiger partial charge in [-0.15, -0.1) is 0 Å². The molecule has 1 N–H and O–H groups in total. The van der Waals surface area contributed by atoms with E-state index in [0.717, 1.165) is 16.8 Å². The average Bonchev–Trinajstić information content (AvgIpc) is 2.94. The Morgan fingerprint density at radius 1 is 0.920 bits per heavy atom. The zero-order valence-corrected chi connectivity index (χ0v) is 14.8. The summed E-state index contributed by atoms with van der Waals surface area (Å²) in [6.45, 7) is 0. The van der Waals surface area contributed by atoms with Gasteiger partial charge in [-0.25, -0.2) is 0 Å². The van der Waals surface area contributed by atoms with Crippen LogP contribution in [0.25, 0.3) is 16.5 Å². The minimum absolute atomic E-state index is 0.116. The largest absolute Gasteiger partial charge is 0.493 e.